The number of nitrogens with two attached hydrogens (primary N) is 1. The molecule has 0 spiro atoms. The summed E-state index contributed by atoms with van der Waals surface area (Å²) in [5.74, 6) is 2.38. The Labute approximate surface area is 132 Å². The molecule has 1 unspecified atom stereocenters. The van der Waals surface area contributed by atoms with Crippen molar-refractivity contribution in [2.75, 3.05) is 17.8 Å². The molecule has 0 aliphatic carbocycles. The lowest BCUT2D eigenvalue weighted by Crippen LogP contribution is -2.11. The molecule has 0 saturated carbocycles. The van der Waals surface area contributed by atoms with Gasteiger partial charge in [0.05, 0.1) is 17.6 Å². The first kappa shape index (κ1) is 13.6. The van der Waals surface area contributed by atoms with Crippen LogP contribution in [0.15, 0.2) is 24.4 Å². The van der Waals surface area contributed by atoms with Crippen molar-refractivity contribution < 1.29 is 9.47 Å². The summed E-state index contributed by atoms with van der Waals surface area (Å²) >= 11 is 0. The zero-order chi connectivity index (χ0) is 16.0. The Balaban J connectivity index is 1.63. The van der Waals surface area contributed by atoms with Crippen molar-refractivity contribution in [3.63, 3.8) is 0 Å². The molecule has 0 radical (unpaired) electrons. The fourth-order valence-corrected chi connectivity index (χ4v) is 2.57. The van der Waals surface area contributed by atoms with Gasteiger partial charge in [-0.3, -0.25) is 4.68 Å². The summed E-state index contributed by atoms with van der Waals surface area (Å²) in [5, 5.41) is 8.15. The van der Waals surface area contributed by atoms with E-state index in [0.717, 1.165) is 22.4 Å². The lowest BCUT2D eigenvalue weighted by molar-refractivity contribution is 0.174. The summed E-state index contributed by atoms with van der Waals surface area (Å²) in [4.78, 5) is 8.77. The first-order valence-electron chi connectivity index (χ1n) is 7.23. The van der Waals surface area contributed by atoms with Crippen LogP contribution >= 0.6 is 0 Å². The number of aromatic nitrogens is 4. The number of fused-ring (bicyclic) bond motifs is 2. The predicted molar refractivity (Wildman–Crippen MR) is 85.3 cm³/mol. The van der Waals surface area contributed by atoms with Gasteiger partial charge >= 0.3 is 0 Å². The van der Waals surface area contributed by atoms with Crippen LogP contribution in [0.5, 0.6) is 11.5 Å². The van der Waals surface area contributed by atoms with Crippen molar-refractivity contribution >= 4 is 22.8 Å². The van der Waals surface area contributed by atoms with Gasteiger partial charge in [0.1, 0.15) is 5.82 Å². The highest BCUT2D eigenvalue weighted by molar-refractivity contribution is 5.86. The lowest BCUT2D eigenvalue weighted by atomic mass is 10.1. The number of aryl methyl sites for hydroxylation is 1. The molecule has 0 fully saturated rings. The molecule has 3 aromatic rings. The van der Waals surface area contributed by atoms with Crippen molar-refractivity contribution in [3.8, 4) is 11.5 Å². The van der Waals surface area contributed by atoms with Gasteiger partial charge in [0.2, 0.25) is 12.7 Å². The van der Waals surface area contributed by atoms with E-state index in [2.05, 4.69) is 20.4 Å². The summed E-state index contributed by atoms with van der Waals surface area (Å²) in [6.07, 6.45) is 1.66. The molecule has 3 heterocycles. The van der Waals surface area contributed by atoms with Crippen LogP contribution < -0.4 is 20.5 Å². The Morgan fingerprint density at radius 2 is 2.09 bits per heavy atom. The Morgan fingerprint density at radius 1 is 1.26 bits per heavy atom. The normalized spacial score (nSPS) is 14.2. The van der Waals surface area contributed by atoms with Crippen LogP contribution in [0.25, 0.3) is 11.0 Å². The standard InChI is InChI=1S/C15H16N6O2/c1-8(9-3-4-11-12(5-9)23-7-22-11)18-15-19-13(16)10-6-17-21(2)14(10)20-15/h3-6,8H,7H2,1-2H3,(H3,16,18,19,20). The van der Waals surface area contributed by atoms with Gasteiger partial charge in [-0.2, -0.15) is 15.1 Å². The molecule has 8 heteroatoms. The van der Waals surface area contributed by atoms with E-state index in [1.165, 1.54) is 0 Å². The molecule has 0 bridgehead atoms. The first-order valence-corrected chi connectivity index (χ1v) is 7.23. The highest BCUT2D eigenvalue weighted by Crippen LogP contribution is 2.34. The second-order valence-electron chi connectivity index (χ2n) is 5.42. The Kier molecular flexibility index (Phi) is 2.97. The highest BCUT2D eigenvalue weighted by Gasteiger charge is 2.17. The van der Waals surface area contributed by atoms with E-state index in [9.17, 15) is 0 Å². The second kappa shape index (κ2) is 5.01. The fraction of sp³-hybridized carbons (Fsp3) is 0.267. The molecular formula is C15H16N6O2. The van der Waals surface area contributed by atoms with Crippen LogP contribution in [0.4, 0.5) is 11.8 Å². The van der Waals surface area contributed by atoms with E-state index in [1.807, 2.05) is 32.2 Å². The minimum atomic E-state index is -0.0189. The van der Waals surface area contributed by atoms with Crippen molar-refractivity contribution in [3.05, 3.63) is 30.0 Å². The summed E-state index contributed by atoms with van der Waals surface area (Å²) < 4.78 is 12.4. The van der Waals surface area contributed by atoms with Gasteiger partial charge in [-0.25, -0.2) is 0 Å². The molecule has 8 nitrogen and oxygen atoms in total. The average Bonchev–Trinajstić information content (AvgIpc) is 3.14. The summed E-state index contributed by atoms with van der Waals surface area (Å²) in [6.45, 7) is 2.28. The molecule has 2 aromatic heterocycles. The van der Waals surface area contributed by atoms with Gasteiger partial charge in [0.15, 0.2) is 17.1 Å². The van der Waals surface area contributed by atoms with Crippen LogP contribution in [0.1, 0.15) is 18.5 Å². The number of anilines is 2. The second-order valence-corrected chi connectivity index (χ2v) is 5.42. The van der Waals surface area contributed by atoms with E-state index >= 15 is 0 Å². The minimum Gasteiger partial charge on any atom is -0.454 e. The first-order chi connectivity index (χ1) is 11.1. The van der Waals surface area contributed by atoms with Gasteiger partial charge in [0, 0.05) is 7.05 Å². The molecular weight excluding hydrogens is 296 g/mol. The summed E-state index contributed by atoms with van der Waals surface area (Å²) in [6, 6.07) is 5.81. The number of hydrogen-bond acceptors (Lipinski definition) is 7. The van der Waals surface area contributed by atoms with E-state index in [4.69, 9.17) is 15.2 Å². The zero-order valence-corrected chi connectivity index (χ0v) is 12.8. The largest absolute Gasteiger partial charge is 0.454 e. The zero-order valence-electron chi connectivity index (χ0n) is 12.8. The number of ether oxygens (including phenoxy) is 2. The molecule has 1 aliphatic rings. The van der Waals surface area contributed by atoms with Crippen LogP contribution in [0, 0.1) is 0 Å². The lowest BCUT2D eigenvalue weighted by Gasteiger charge is -2.15. The van der Waals surface area contributed by atoms with Crippen molar-refractivity contribution in [1.29, 1.82) is 0 Å². The Morgan fingerprint density at radius 3 is 2.96 bits per heavy atom. The number of nitrogens with one attached hydrogen (secondary N) is 1. The van der Waals surface area contributed by atoms with Crippen molar-refractivity contribution in [2.24, 2.45) is 7.05 Å². The van der Waals surface area contributed by atoms with E-state index < -0.39 is 0 Å². The van der Waals surface area contributed by atoms with Gasteiger partial charge in [0.25, 0.3) is 0 Å². The van der Waals surface area contributed by atoms with Gasteiger partial charge in [-0.1, -0.05) is 6.07 Å². The maximum Gasteiger partial charge on any atom is 0.231 e. The average molecular weight is 312 g/mol. The van der Waals surface area contributed by atoms with Gasteiger partial charge in [-0.15, -0.1) is 0 Å². The van der Waals surface area contributed by atoms with Crippen molar-refractivity contribution in [2.45, 2.75) is 13.0 Å². The maximum atomic E-state index is 5.98. The molecule has 3 N–H and O–H groups in total. The molecule has 4 rings (SSSR count). The fourth-order valence-electron chi connectivity index (χ4n) is 2.57. The quantitative estimate of drug-likeness (QED) is 0.761. The maximum absolute atomic E-state index is 5.98. The highest BCUT2D eigenvalue weighted by atomic mass is 16.7. The number of nitrogen functional groups attached to an aromatic ring is 1. The van der Waals surface area contributed by atoms with E-state index in [-0.39, 0.29) is 12.8 Å². The van der Waals surface area contributed by atoms with Gasteiger partial charge < -0.3 is 20.5 Å². The molecule has 118 valence electrons. The molecule has 1 atom stereocenters. The third-order valence-electron chi connectivity index (χ3n) is 3.86. The third kappa shape index (κ3) is 2.28. The van der Waals surface area contributed by atoms with Crippen LogP contribution in [0.2, 0.25) is 0 Å². The summed E-state index contributed by atoms with van der Waals surface area (Å²) in [5.41, 5.74) is 7.71. The SMILES string of the molecule is CC(Nc1nc(N)c2cnn(C)c2n1)c1ccc2c(c1)OCO2. The number of benzene rings is 1. The summed E-state index contributed by atoms with van der Waals surface area (Å²) in [7, 11) is 1.82. The van der Waals surface area contributed by atoms with Crippen LogP contribution in [-0.4, -0.2) is 26.5 Å². The topological polar surface area (TPSA) is 100 Å². The molecule has 0 amide bonds. The predicted octanol–water partition coefficient (Wildman–Crippen LogP) is 1.85. The number of hydrogen-bond donors (Lipinski definition) is 2. The van der Waals surface area contributed by atoms with Gasteiger partial charge in [-0.05, 0) is 24.6 Å². The minimum absolute atomic E-state index is 0.0189. The molecule has 0 saturated heterocycles. The van der Waals surface area contributed by atoms with E-state index in [0.29, 0.717) is 17.4 Å². The molecule has 1 aromatic carbocycles. The van der Waals surface area contributed by atoms with Crippen molar-refractivity contribution in [1.82, 2.24) is 19.7 Å². The Hall–Kier alpha value is -3.03. The Bertz CT molecular complexity index is 891. The van der Waals surface area contributed by atoms with E-state index in [1.54, 1.807) is 10.9 Å². The van der Waals surface area contributed by atoms with Crippen LogP contribution in [-0.2, 0) is 7.05 Å². The molecule has 1 aliphatic heterocycles. The van der Waals surface area contributed by atoms with Crippen LogP contribution in [0.3, 0.4) is 0 Å². The number of nitrogens with zero attached hydrogens (tertiary/aromatic N) is 4. The third-order valence-corrected chi connectivity index (χ3v) is 3.86. The number of rotatable bonds is 3. The smallest absolute Gasteiger partial charge is 0.231 e. The molecule has 23 heavy (non-hydrogen) atoms. The monoisotopic (exact) mass is 312 g/mol.